The first-order valence-corrected chi connectivity index (χ1v) is 10.4. The first-order chi connectivity index (χ1) is 11.4. The van der Waals surface area contributed by atoms with Crippen LogP contribution in [0.15, 0.2) is 34.5 Å². The zero-order chi connectivity index (χ0) is 17.2. The van der Waals surface area contributed by atoms with Gasteiger partial charge in [-0.1, -0.05) is 12.8 Å². The number of carbonyl (C=O) groups is 1. The Morgan fingerprint density at radius 2 is 1.92 bits per heavy atom. The van der Waals surface area contributed by atoms with Gasteiger partial charge < -0.3 is 5.32 Å². The van der Waals surface area contributed by atoms with E-state index in [1.165, 1.54) is 11.3 Å². The van der Waals surface area contributed by atoms with Gasteiger partial charge in [0.05, 0.1) is 27.3 Å². The number of aryl methyl sites for hydroxylation is 1. The molecule has 1 aromatic carbocycles. The van der Waals surface area contributed by atoms with Gasteiger partial charge in [-0.3, -0.25) is 4.79 Å². The highest BCUT2D eigenvalue weighted by Crippen LogP contribution is 2.30. The number of amides is 1. The fourth-order valence-electron chi connectivity index (χ4n) is 2.98. The van der Waals surface area contributed by atoms with E-state index >= 15 is 0 Å². The van der Waals surface area contributed by atoms with Gasteiger partial charge in [0, 0.05) is 11.1 Å². The van der Waals surface area contributed by atoms with Crippen LogP contribution in [-0.4, -0.2) is 24.6 Å². The summed E-state index contributed by atoms with van der Waals surface area (Å²) in [4.78, 5) is 16.6. The molecule has 0 spiro atoms. The van der Waals surface area contributed by atoms with E-state index in [4.69, 9.17) is 0 Å². The maximum atomic E-state index is 12.5. The summed E-state index contributed by atoms with van der Waals surface area (Å²) < 4.78 is 25.0. The summed E-state index contributed by atoms with van der Waals surface area (Å²) in [6.45, 7) is 1.90. The molecule has 1 N–H and O–H groups in total. The Kier molecular flexibility index (Phi) is 5.01. The van der Waals surface area contributed by atoms with E-state index < -0.39 is 9.84 Å². The molecule has 1 aliphatic rings. The summed E-state index contributed by atoms with van der Waals surface area (Å²) in [5.41, 5.74) is 1.34. The molecule has 1 aliphatic carbocycles. The molecule has 1 fully saturated rings. The predicted octanol–water partition coefficient (Wildman–Crippen LogP) is 3.35. The highest BCUT2D eigenvalue weighted by molar-refractivity contribution is 7.92. The molecule has 7 heteroatoms. The van der Waals surface area contributed by atoms with Crippen LogP contribution in [0, 0.1) is 6.92 Å². The minimum absolute atomic E-state index is 0.160. The number of anilines is 1. The van der Waals surface area contributed by atoms with Crippen LogP contribution in [0.1, 0.15) is 36.4 Å². The first kappa shape index (κ1) is 17.1. The fourth-order valence-corrected chi connectivity index (χ4v) is 5.45. The van der Waals surface area contributed by atoms with E-state index in [2.05, 4.69) is 10.3 Å². The van der Waals surface area contributed by atoms with E-state index in [1.54, 1.807) is 24.3 Å². The molecule has 0 bridgehead atoms. The molecular formula is C17H20N2O3S2. The number of benzene rings is 1. The van der Waals surface area contributed by atoms with Gasteiger partial charge in [-0.2, -0.15) is 0 Å². The average Bonchev–Trinajstić information content (AvgIpc) is 3.20. The van der Waals surface area contributed by atoms with Crippen molar-refractivity contribution >= 4 is 32.8 Å². The number of hydrogen-bond donors (Lipinski definition) is 1. The minimum atomic E-state index is -3.25. The SMILES string of the molecule is Cc1nc(CC(=O)Nc2ccc(S(=O)(=O)C3CCCC3)cc2)cs1. The van der Waals surface area contributed by atoms with Crippen molar-refractivity contribution in [3.8, 4) is 0 Å². The summed E-state index contributed by atoms with van der Waals surface area (Å²) in [7, 11) is -3.25. The maximum Gasteiger partial charge on any atom is 0.230 e. The van der Waals surface area contributed by atoms with Crippen molar-refractivity contribution in [3.63, 3.8) is 0 Å². The molecule has 1 aromatic heterocycles. The number of thiazole rings is 1. The van der Waals surface area contributed by atoms with Crippen molar-refractivity contribution in [2.24, 2.45) is 0 Å². The van der Waals surface area contributed by atoms with Crippen LogP contribution in [0.4, 0.5) is 5.69 Å². The molecule has 0 atom stereocenters. The van der Waals surface area contributed by atoms with Crippen molar-refractivity contribution < 1.29 is 13.2 Å². The van der Waals surface area contributed by atoms with Gasteiger partial charge in [-0.15, -0.1) is 11.3 Å². The lowest BCUT2D eigenvalue weighted by molar-refractivity contribution is -0.115. The predicted molar refractivity (Wildman–Crippen MR) is 95.1 cm³/mol. The Balaban J connectivity index is 1.65. The fraction of sp³-hybridized carbons (Fsp3) is 0.412. The summed E-state index contributed by atoms with van der Waals surface area (Å²) >= 11 is 1.51. The molecule has 0 aliphatic heterocycles. The largest absolute Gasteiger partial charge is 0.326 e. The lowest BCUT2D eigenvalue weighted by Gasteiger charge is -2.12. The van der Waals surface area contributed by atoms with Crippen LogP contribution in [0.2, 0.25) is 0 Å². The van der Waals surface area contributed by atoms with Crippen LogP contribution >= 0.6 is 11.3 Å². The average molecular weight is 364 g/mol. The Bertz CT molecular complexity index is 820. The normalized spacial score (nSPS) is 15.5. The number of nitrogens with zero attached hydrogens (tertiary/aromatic N) is 1. The van der Waals surface area contributed by atoms with Gasteiger partial charge in [0.25, 0.3) is 0 Å². The van der Waals surface area contributed by atoms with E-state index in [0.29, 0.717) is 10.6 Å². The van der Waals surface area contributed by atoms with Crippen LogP contribution < -0.4 is 5.32 Å². The van der Waals surface area contributed by atoms with Gasteiger partial charge in [-0.25, -0.2) is 13.4 Å². The van der Waals surface area contributed by atoms with Crippen LogP contribution in [0.3, 0.4) is 0 Å². The van der Waals surface area contributed by atoms with E-state index in [1.807, 2.05) is 12.3 Å². The monoisotopic (exact) mass is 364 g/mol. The van der Waals surface area contributed by atoms with Crippen LogP contribution in [-0.2, 0) is 21.1 Å². The minimum Gasteiger partial charge on any atom is -0.326 e. The van der Waals surface area contributed by atoms with E-state index in [0.717, 1.165) is 36.4 Å². The molecular weight excluding hydrogens is 344 g/mol. The Labute approximate surface area is 146 Å². The quantitative estimate of drug-likeness (QED) is 0.883. The van der Waals surface area contributed by atoms with Crippen molar-refractivity contribution in [2.45, 2.75) is 49.2 Å². The van der Waals surface area contributed by atoms with Gasteiger partial charge in [0.15, 0.2) is 9.84 Å². The lowest BCUT2D eigenvalue weighted by Crippen LogP contribution is -2.18. The van der Waals surface area contributed by atoms with Crippen molar-refractivity contribution in [2.75, 3.05) is 5.32 Å². The molecule has 1 amide bonds. The Morgan fingerprint density at radius 3 is 2.50 bits per heavy atom. The molecule has 5 nitrogen and oxygen atoms in total. The molecule has 1 heterocycles. The standard InChI is InChI=1S/C17H20N2O3S2/c1-12-18-14(11-23-12)10-17(20)19-13-6-8-16(9-7-13)24(21,22)15-4-2-3-5-15/h6-9,11,15H,2-5,10H2,1H3,(H,19,20). The molecule has 3 rings (SSSR count). The second kappa shape index (κ2) is 7.03. The third kappa shape index (κ3) is 3.84. The number of aromatic nitrogens is 1. The summed E-state index contributed by atoms with van der Waals surface area (Å²) in [6, 6.07) is 6.45. The molecule has 2 aromatic rings. The third-order valence-electron chi connectivity index (χ3n) is 4.22. The van der Waals surface area contributed by atoms with Crippen LogP contribution in [0.25, 0.3) is 0 Å². The smallest absolute Gasteiger partial charge is 0.230 e. The zero-order valence-electron chi connectivity index (χ0n) is 13.5. The summed E-state index contributed by atoms with van der Waals surface area (Å²) in [6.07, 6.45) is 3.66. The molecule has 0 radical (unpaired) electrons. The number of hydrogen-bond acceptors (Lipinski definition) is 5. The molecule has 0 saturated heterocycles. The third-order valence-corrected chi connectivity index (χ3v) is 7.32. The van der Waals surface area contributed by atoms with Crippen molar-refractivity contribution in [1.82, 2.24) is 4.98 Å². The van der Waals surface area contributed by atoms with Gasteiger partial charge in [0.2, 0.25) is 5.91 Å². The number of nitrogens with one attached hydrogen (secondary N) is 1. The molecule has 24 heavy (non-hydrogen) atoms. The van der Waals surface area contributed by atoms with Gasteiger partial charge in [0.1, 0.15) is 0 Å². The lowest BCUT2D eigenvalue weighted by atomic mass is 10.3. The molecule has 128 valence electrons. The highest BCUT2D eigenvalue weighted by atomic mass is 32.2. The first-order valence-electron chi connectivity index (χ1n) is 8.00. The van der Waals surface area contributed by atoms with Gasteiger partial charge in [-0.05, 0) is 44.0 Å². The van der Waals surface area contributed by atoms with Crippen molar-refractivity contribution in [1.29, 1.82) is 0 Å². The highest BCUT2D eigenvalue weighted by Gasteiger charge is 2.30. The number of carbonyl (C=O) groups excluding carboxylic acids is 1. The number of sulfone groups is 1. The second-order valence-corrected chi connectivity index (χ2v) is 9.35. The molecule has 0 unspecified atom stereocenters. The van der Waals surface area contributed by atoms with E-state index in [9.17, 15) is 13.2 Å². The van der Waals surface area contributed by atoms with Crippen LogP contribution in [0.5, 0.6) is 0 Å². The Morgan fingerprint density at radius 1 is 1.25 bits per heavy atom. The van der Waals surface area contributed by atoms with E-state index in [-0.39, 0.29) is 17.6 Å². The maximum absolute atomic E-state index is 12.5. The second-order valence-electron chi connectivity index (χ2n) is 6.06. The number of rotatable bonds is 5. The van der Waals surface area contributed by atoms with Crippen molar-refractivity contribution in [3.05, 3.63) is 40.3 Å². The Hall–Kier alpha value is -1.73. The molecule has 1 saturated carbocycles. The summed E-state index contributed by atoms with van der Waals surface area (Å²) in [5.74, 6) is -0.160. The topological polar surface area (TPSA) is 76.1 Å². The summed E-state index contributed by atoms with van der Waals surface area (Å²) in [5, 5.41) is 5.32. The van der Waals surface area contributed by atoms with Gasteiger partial charge >= 0.3 is 0 Å². The zero-order valence-corrected chi connectivity index (χ0v) is 15.1.